The van der Waals surface area contributed by atoms with Gasteiger partial charge in [0.2, 0.25) is 0 Å². The average molecular weight is 254 g/mol. The van der Waals surface area contributed by atoms with Crippen molar-refractivity contribution >= 4 is 28.4 Å². The lowest BCUT2D eigenvalue weighted by molar-refractivity contribution is -0.119. The zero-order valence-electron chi connectivity index (χ0n) is 6.69. The van der Waals surface area contributed by atoms with Crippen molar-refractivity contribution in [3.63, 3.8) is 0 Å². The zero-order valence-corrected chi connectivity index (χ0v) is 8.85. The van der Waals surface area contributed by atoms with Gasteiger partial charge in [0.1, 0.15) is 5.78 Å². The third-order valence-corrected chi connectivity index (χ3v) is 2.95. The quantitative estimate of drug-likeness (QED) is 0.544. The topological polar surface area (TPSA) is 17.1 Å². The lowest BCUT2D eigenvalue weighted by Crippen LogP contribution is -2.07. The first kappa shape index (κ1) is 10.4. The van der Waals surface area contributed by atoms with E-state index in [2.05, 4.69) is 29.5 Å². The maximum atomic E-state index is 10.9. The van der Waals surface area contributed by atoms with Crippen molar-refractivity contribution < 1.29 is 4.79 Å². The van der Waals surface area contributed by atoms with Gasteiger partial charge in [-0.3, -0.25) is 4.79 Å². The molecular weight excluding hydrogens is 239 g/mol. The third kappa shape index (κ3) is 4.25. The average Bonchev–Trinajstić information content (AvgIpc) is 1.99. The van der Waals surface area contributed by atoms with E-state index in [4.69, 9.17) is 0 Å². The number of halogens is 1. The molecule has 0 heterocycles. The summed E-state index contributed by atoms with van der Waals surface area (Å²) in [5.74, 6) is 1.02. The minimum atomic E-state index is 0.406. The third-order valence-electron chi connectivity index (χ3n) is 1.71. The van der Waals surface area contributed by atoms with Crippen LogP contribution in [0, 0.1) is 5.92 Å². The number of rotatable bonds is 5. The van der Waals surface area contributed by atoms with Crippen LogP contribution in [-0.2, 0) is 4.79 Å². The molecule has 0 saturated carbocycles. The molecule has 0 aliphatic rings. The maximum Gasteiger partial charge on any atom is 0.132 e. The molecule has 10 heavy (non-hydrogen) atoms. The van der Waals surface area contributed by atoms with Gasteiger partial charge in [-0.25, -0.2) is 0 Å². The monoisotopic (exact) mass is 254 g/mol. The lowest BCUT2D eigenvalue weighted by Gasteiger charge is -2.08. The molecule has 0 amide bonds. The normalized spacial score (nSPS) is 13.1. The summed E-state index contributed by atoms with van der Waals surface area (Å²) in [5.41, 5.74) is 0. The summed E-state index contributed by atoms with van der Waals surface area (Å²) < 4.78 is 1.11. The molecule has 2 heteroatoms. The predicted molar refractivity (Wildman–Crippen MR) is 52.6 cm³/mol. The highest BCUT2D eigenvalue weighted by Gasteiger charge is 2.08. The smallest absolute Gasteiger partial charge is 0.132 e. The first-order chi connectivity index (χ1) is 4.74. The summed E-state index contributed by atoms with van der Waals surface area (Å²) in [4.78, 5) is 10.9. The molecule has 0 N–H and O–H groups in total. The molecule has 0 aliphatic heterocycles. The summed E-state index contributed by atoms with van der Waals surface area (Å²) in [6.45, 7) is 4.08. The fourth-order valence-electron chi connectivity index (χ4n) is 0.774. The van der Waals surface area contributed by atoms with Gasteiger partial charge in [-0.05, 0) is 5.92 Å². The van der Waals surface area contributed by atoms with Gasteiger partial charge in [0.15, 0.2) is 0 Å². The second-order valence-electron chi connectivity index (χ2n) is 2.52. The van der Waals surface area contributed by atoms with Crippen LogP contribution < -0.4 is 0 Å². The number of alkyl halides is 1. The van der Waals surface area contributed by atoms with Gasteiger partial charge < -0.3 is 0 Å². The van der Waals surface area contributed by atoms with E-state index in [1.807, 2.05) is 6.92 Å². The van der Waals surface area contributed by atoms with Crippen molar-refractivity contribution in [1.82, 2.24) is 0 Å². The number of ketones is 1. The van der Waals surface area contributed by atoms with Gasteiger partial charge in [0.25, 0.3) is 0 Å². The maximum absolute atomic E-state index is 10.9. The first-order valence-corrected chi connectivity index (χ1v) is 5.34. The molecule has 0 aromatic carbocycles. The molecule has 0 spiro atoms. The Hall–Kier alpha value is 0.400. The van der Waals surface area contributed by atoms with Crippen LogP contribution in [0.4, 0.5) is 0 Å². The molecule has 0 fully saturated rings. The molecule has 0 saturated heterocycles. The molecule has 0 aromatic heterocycles. The van der Waals surface area contributed by atoms with Crippen LogP contribution in [0.2, 0.25) is 0 Å². The number of Topliss-reactive ketones (excluding diaryl/α,β-unsaturated/α-hetero) is 1. The first-order valence-electron chi connectivity index (χ1n) is 3.82. The summed E-state index contributed by atoms with van der Waals surface area (Å²) in [7, 11) is 0. The van der Waals surface area contributed by atoms with Crippen LogP contribution in [0.5, 0.6) is 0 Å². The molecule has 0 bridgehead atoms. The lowest BCUT2D eigenvalue weighted by atomic mass is 10.0. The molecule has 0 rings (SSSR count). The van der Waals surface area contributed by atoms with Crippen molar-refractivity contribution in [2.75, 3.05) is 4.43 Å². The van der Waals surface area contributed by atoms with Gasteiger partial charge in [-0.15, -0.1) is 0 Å². The van der Waals surface area contributed by atoms with Crippen LogP contribution in [0.3, 0.4) is 0 Å². The van der Waals surface area contributed by atoms with E-state index in [1.54, 1.807) is 0 Å². The SMILES string of the molecule is CCC(=O)CC(CC)CI. The van der Waals surface area contributed by atoms with Crippen LogP contribution in [0.15, 0.2) is 0 Å². The Morgan fingerprint density at radius 3 is 2.40 bits per heavy atom. The highest BCUT2D eigenvalue weighted by atomic mass is 127. The summed E-state index contributed by atoms with van der Waals surface area (Å²) >= 11 is 2.35. The second-order valence-corrected chi connectivity index (χ2v) is 3.41. The molecular formula is C8H15IO. The Labute approximate surface area is 76.7 Å². The van der Waals surface area contributed by atoms with E-state index in [-0.39, 0.29) is 0 Å². The molecule has 1 unspecified atom stereocenters. The highest BCUT2D eigenvalue weighted by molar-refractivity contribution is 14.1. The van der Waals surface area contributed by atoms with Crippen molar-refractivity contribution in [2.24, 2.45) is 5.92 Å². The van der Waals surface area contributed by atoms with E-state index >= 15 is 0 Å². The van der Waals surface area contributed by atoms with Crippen molar-refractivity contribution in [3.8, 4) is 0 Å². The Kier molecular flexibility index (Phi) is 6.38. The van der Waals surface area contributed by atoms with Gasteiger partial charge in [0.05, 0.1) is 0 Å². The fraction of sp³-hybridized carbons (Fsp3) is 0.875. The van der Waals surface area contributed by atoms with E-state index in [0.717, 1.165) is 17.3 Å². The van der Waals surface area contributed by atoms with Crippen molar-refractivity contribution in [1.29, 1.82) is 0 Å². The Balaban J connectivity index is 3.52. The van der Waals surface area contributed by atoms with Gasteiger partial charge in [0, 0.05) is 17.3 Å². The fourth-order valence-corrected chi connectivity index (χ4v) is 1.71. The zero-order chi connectivity index (χ0) is 7.98. The van der Waals surface area contributed by atoms with Crippen LogP contribution >= 0.6 is 22.6 Å². The van der Waals surface area contributed by atoms with E-state index in [0.29, 0.717) is 18.1 Å². The summed E-state index contributed by atoms with van der Waals surface area (Å²) in [6, 6.07) is 0. The predicted octanol–water partition coefficient (Wildman–Crippen LogP) is 2.82. The van der Waals surface area contributed by atoms with Crippen LogP contribution in [0.25, 0.3) is 0 Å². The molecule has 1 nitrogen and oxygen atoms in total. The van der Waals surface area contributed by atoms with Crippen molar-refractivity contribution in [3.05, 3.63) is 0 Å². The van der Waals surface area contributed by atoms with E-state index in [9.17, 15) is 4.79 Å². The summed E-state index contributed by atoms with van der Waals surface area (Å²) in [5, 5.41) is 0. The van der Waals surface area contributed by atoms with Gasteiger partial charge >= 0.3 is 0 Å². The highest BCUT2D eigenvalue weighted by Crippen LogP contribution is 2.12. The molecule has 0 radical (unpaired) electrons. The molecule has 0 aromatic rings. The summed E-state index contributed by atoms with van der Waals surface area (Å²) in [6.07, 6.45) is 2.62. The Morgan fingerprint density at radius 2 is 2.10 bits per heavy atom. The number of hydrogen-bond donors (Lipinski definition) is 0. The minimum absolute atomic E-state index is 0.406. The van der Waals surface area contributed by atoms with E-state index < -0.39 is 0 Å². The Bertz CT molecular complexity index is 97.4. The van der Waals surface area contributed by atoms with E-state index in [1.165, 1.54) is 0 Å². The minimum Gasteiger partial charge on any atom is -0.300 e. The largest absolute Gasteiger partial charge is 0.300 e. The Morgan fingerprint density at radius 1 is 1.50 bits per heavy atom. The standard InChI is InChI=1S/C8H15IO/c1-3-7(6-9)5-8(10)4-2/h7H,3-6H2,1-2H3. The number of carbonyl (C=O) groups excluding carboxylic acids is 1. The van der Waals surface area contributed by atoms with Crippen LogP contribution in [0.1, 0.15) is 33.1 Å². The van der Waals surface area contributed by atoms with Crippen molar-refractivity contribution in [2.45, 2.75) is 33.1 Å². The number of hydrogen-bond acceptors (Lipinski definition) is 1. The molecule has 1 atom stereocenters. The van der Waals surface area contributed by atoms with Gasteiger partial charge in [-0.2, -0.15) is 0 Å². The number of carbonyl (C=O) groups is 1. The molecule has 60 valence electrons. The van der Waals surface area contributed by atoms with Gasteiger partial charge in [-0.1, -0.05) is 42.9 Å². The second kappa shape index (κ2) is 6.13. The molecule has 0 aliphatic carbocycles. The van der Waals surface area contributed by atoms with Crippen LogP contribution in [-0.4, -0.2) is 10.2 Å².